The predicted molar refractivity (Wildman–Crippen MR) is 72.4 cm³/mol. The number of halogens is 1. The van der Waals surface area contributed by atoms with Crippen molar-refractivity contribution in [2.24, 2.45) is 0 Å². The van der Waals surface area contributed by atoms with Gasteiger partial charge in [0.2, 0.25) is 0 Å². The molecular formula is C13H20ClNO3. The van der Waals surface area contributed by atoms with Gasteiger partial charge in [-0.1, -0.05) is 11.6 Å². The Morgan fingerprint density at radius 3 is 2.89 bits per heavy atom. The van der Waals surface area contributed by atoms with E-state index in [0.717, 1.165) is 5.56 Å². The van der Waals surface area contributed by atoms with Crippen LogP contribution in [0, 0.1) is 6.92 Å². The molecule has 5 heteroatoms. The van der Waals surface area contributed by atoms with Crippen LogP contribution in [0.15, 0.2) is 18.2 Å². The van der Waals surface area contributed by atoms with E-state index in [0.29, 0.717) is 30.5 Å². The van der Waals surface area contributed by atoms with Gasteiger partial charge < -0.3 is 19.9 Å². The van der Waals surface area contributed by atoms with E-state index in [-0.39, 0.29) is 6.61 Å². The number of hydrogen-bond acceptors (Lipinski definition) is 4. The lowest BCUT2D eigenvalue weighted by Crippen LogP contribution is -2.33. The topological polar surface area (TPSA) is 50.7 Å². The Kier molecular flexibility index (Phi) is 7.05. The van der Waals surface area contributed by atoms with Crippen molar-refractivity contribution in [1.82, 2.24) is 5.32 Å². The summed E-state index contributed by atoms with van der Waals surface area (Å²) in [7, 11) is 1.64. The van der Waals surface area contributed by atoms with Gasteiger partial charge >= 0.3 is 0 Å². The first-order valence-corrected chi connectivity index (χ1v) is 6.28. The first kappa shape index (κ1) is 15.2. The predicted octanol–water partition coefficient (Wildman–Crippen LogP) is 1.62. The van der Waals surface area contributed by atoms with Crippen LogP contribution in [-0.2, 0) is 4.74 Å². The number of rotatable bonds is 8. The third-order valence-corrected chi connectivity index (χ3v) is 2.86. The maximum Gasteiger partial charge on any atom is 0.119 e. The summed E-state index contributed by atoms with van der Waals surface area (Å²) < 4.78 is 10.4. The molecule has 0 saturated carbocycles. The molecule has 18 heavy (non-hydrogen) atoms. The molecule has 0 bridgehead atoms. The highest BCUT2D eigenvalue weighted by atomic mass is 35.5. The summed E-state index contributed by atoms with van der Waals surface area (Å²) in [6.45, 7) is 3.99. The second kappa shape index (κ2) is 8.32. The van der Waals surface area contributed by atoms with Gasteiger partial charge in [0, 0.05) is 25.2 Å². The third-order valence-electron chi connectivity index (χ3n) is 2.43. The third kappa shape index (κ3) is 5.69. The van der Waals surface area contributed by atoms with E-state index in [1.54, 1.807) is 19.2 Å². The van der Waals surface area contributed by atoms with Crippen LogP contribution in [0.5, 0.6) is 5.75 Å². The Morgan fingerprint density at radius 2 is 2.22 bits per heavy atom. The minimum absolute atomic E-state index is 0.251. The molecular weight excluding hydrogens is 254 g/mol. The van der Waals surface area contributed by atoms with Crippen molar-refractivity contribution in [2.75, 3.05) is 33.4 Å². The first-order valence-electron chi connectivity index (χ1n) is 5.90. The van der Waals surface area contributed by atoms with Gasteiger partial charge in [0.05, 0.1) is 6.61 Å². The molecule has 0 aromatic heterocycles. The molecule has 0 unspecified atom stereocenters. The van der Waals surface area contributed by atoms with E-state index < -0.39 is 6.10 Å². The summed E-state index contributed by atoms with van der Waals surface area (Å²) in [6.07, 6.45) is -0.544. The SMILES string of the molecule is COCCNC[C@H](O)COc1ccc(Cl)c(C)c1. The van der Waals surface area contributed by atoms with Gasteiger partial charge in [-0.05, 0) is 30.7 Å². The summed E-state index contributed by atoms with van der Waals surface area (Å²) in [5.74, 6) is 0.716. The Hall–Kier alpha value is -0.810. The quantitative estimate of drug-likeness (QED) is 0.707. The van der Waals surface area contributed by atoms with Crippen molar-refractivity contribution in [3.63, 3.8) is 0 Å². The van der Waals surface area contributed by atoms with Crippen molar-refractivity contribution in [1.29, 1.82) is 0 Å². The number of benzene rings is 1. The van der Waals surface area contributed by atoms with Gasteiger partial charge in [-0.15, -0.1) is 0 Å². The zero-order valence-corrected chi connectivity index (χ0v) is 11.5. The molecule has 2 N–H and O–H groups in total. The Bertz CT molecular complexity index is 360. The molecule has 0 aliphatic rings. The van der Waals surface area contributed by atoms with Crippen LogP contribution in [0.4, 0.5) is 0 Å². The van der Waals surface area contributed by atoms with E-state index in [9.17, 15) is 5.11 Å². The van der Waals surface area contributed by atoms with Gasteiger partial charge in [0.25, 0.3) is 0 Å². The molecule has 1 aromatic carbocycles. The fraction of sp³-hybridized carbons (Fsp3) is 0.538. The van der Waals surface area contributed by atoms with Crippen molar-refractivity contribution in [3.8, 4) is 5.75 Å². The van der Waals surface area contributed by atoms with Crippen molar-refractivity contribution < 1.29 is 14.6 Å². The molecule has 1 atom stereocenters. The van der Waals surface area contributed by atoms with Crippen LogP contribution in [0.1, 0.15) is 5.56 Å². The van der Waals surface area contributed by atoms with Crippen LogP contribution in [0.3, 0.4) is 0 Å². The summed E-state index contributed by atoms with van der Waals surface area (Å²) in [4.78, 5) is 0. The highest BCUT2D eigenvalue weighted by Crippen LogP contribution is 2.20. The molecule has 0 aliphatic carbocycles. The maximum atomic E-state index is 9.68. The lowest BCUT2D eigenvalue weighted by molar-refractivity contribution is 0.103. The Morgan fingerprint density at radius 1 is 1.44 bits per heavy atom. The van der Waals surface area contributed by atoms with E-state index in [2.05, 4.69) is 5.32 Å². The average Bonchev–Trinajstić information content (AvgIpc) is 2.36. The van der Waals surface area contributed by atoms with Gasteiger partial charge in [0.1, 0.15) is 18.5 Å². The molecule has 102 valence electrons. The number of aryl methyl sites for hydroxylation is 1. The lowest BCUT2D eigenvalue weighted by Gasteiger charge is -2.13. The number of nitrogens with one attached hydrogen (secondary N) is 1. The van der Waals surface area contributed by atoms with Crippen LogP contribution in [-0.4, -0.2) is 44.6 Å². The van der Waals surface area contributed by atoms with Crippen LogP contribution < -0.4 is 10.1 Å². The monoisotopic (exact) mass is 273 g/mol. The van der Waals surface area contributed by atoms with Gasteiger partial charge in [-0.3, -0.25) is 0 Å². The Labute approximate surface area is 113 Å². The van der Waals surface area contributed by atoms with E-state index in [1.807, 2.05) is 13.0 Å². The number of methoxy groups -OCH3 is 1. The second-order valence-electron chi connectivity index (χ2n) is 4.07. The average molecular weight is 274 g/mol. The fourth-order valence-electron chi connectivity index (χ4n) is 1.40. The summed E-state index contributed by atoms with van der Waals surface area (Å²) in [5, 5.41) is 13.5. The Balaban J connectivity index is 2.24. The summed E-state index contributed by atoms with van der Waals surface area (Å²) in [6, 6.07) is 5.43. The van der Waals surface area contributed by atoms with Gasteiger partial charge in [0.15, 0.2) is 0 Å². The number of aliphatic hydroxyl groups is 1. The van der Waals surface area contributed by atoms with E-state index >= 15 is 0 Å². The smallest absolute Gasteiger partial charge is 0.119 e. The van der Waals surface area contributed by atoms with Crippen LogP contribution in [0.25, 0.3) is 0 Å². The lowest BCUT2D eigenvalue weighted by atomic mass is 10.2. The van der Waals surface area contributed by atoms with E-state index in [1.165, 1.54) is 0 Å². The highest BCUT2D eigenvalue weighted by Gasteiger charge is 2.05. The fourth-order valence-corrected chi connectivity index (χ4v) is 1.52. The molecule has 0 spiro atoms. The summed E-state index contributed by atoms with van der Waals surface area (Å²) in [5.41, 5.74) is 0.960. The van der Waals surface area contributed by atoms with Crippen molar-refractivity contribution >= 4 is 11.6 Å². The maximum absolute atomic E-state index is 9.68. The standard InChI is InChI=1S/C13H20ClNO3/c1-10-7-12(3-4-13(10)14)18-9-11(16)8-15-5-6-17-2/h3-4,7,11,15-16H,5-6,8-9H2,1-2H3/t11-/m0/s1. The molecule has 0 aliphatic heterocycles. The highest BCUT2D eigenvalue weighted by molar-refractivity contribution is 6.31. The number of hydrogen-bond donors (Lipinski definition) is 2. The second-order valence-corrected chi connectivity index (χ2v) is 4.48. The molecule has 1 aromatic rings. The molecule has 0 radical (unpaired) electrons. The number of aliphatic hydroxyl groups excluding tert-OH is 1. The number of ether oxygens (including phenoxy) is 2. The molecule has 0 fully saturated rings. The van der Waals surface area contributed by atoms with Crippen molar-refractivity contribution in [3.05, 3.63) is 28.8 Å². The van der Waals surface area contributed by atoms with E-state index in [4.69, 9.17) is 21.1 Å². The van der Waals surface area contributed by atoms with Gasteiger partial charge in [-0.2, -0.15) is 0 Å². The largest absolute Gasteiger partial charge is 0.491 e. The molecule has 4 nitrogen and oxygen atoms in total. The molecule has 0 amide bonds. The minimum atomic E-state index is -0.544. The molecule has 1 rings (SSSR count). The minimum Gasteiger partial charge on any atom is -0.491 e. The van der Waals surface area contributed by atoms with Gasteiger partial charge in [-0.25, -0.2) is 0 Å². The molecule has 0 saturated heterocycles. The molecule has 0 heterocycles. The summed E-state index contributed by atoms with van der Waals surface area (Å²) >= 11 is 5.91. The first-order chi connectivity index (χ1) is 8.63. The zero-order chi connectivity index (χ0) is 13.4. The normalized spacial score (nSPS) is 12.4. The van der Waals surface area contributed by atoms with Crippen LogP contribution >= 0.6 is 11.6 Å². The van der Waals surface area contributed by atoms with Crippen LogP contribution in [0.2, 0.25) is 5.02 Å². The van der Waals surface area contributed by atoms with Crippen molar-refractivity contribution in [2.45, 2.75) is 13.0 Å². The zero-order valence-electron chi connectivity index (χ0n) is 10.8.